The summed E-state index contributed by atoms with van der Waals surface area (Å²) in [6, 6.07) is 24.8. The number of hydrogen-bond acceptors (Lipinski definition) is 4. The molecule has 2 unspecified atom stereocenters. The normalized spacial score (nSPS) is 12.6. The summed E-state index contributed by atoms with van der Waals surface area (Å²) in [5.41, 5.74) is 2.85. The Bertz CT molecular complexity index is 1220. The van der Waals surface area contributed by atoms with Gasteiger partial charge in [0.05, 0.1) is 0 Å². The number of aryl methyl sites for hydroxylation is 1. The number of ether oxygens (including phenoxy) is 1. The van der Waals surface area contributed by atoms with Crippen LogP contribution in [0.5, 0.6) is 0 Å². The van der Waals surface area contributed by atoms with E-state index in [2.05, 4.69) is 10.6 Å². The highest BCUT2D eigenvalue weighted by molar-refractivity contribution is 5.92. The standard InChI is InChI=1S/C32H39N3O4/c1-6-35(30(37)27(21-24-13-9-7-10-14-24)34-31(38)39-32(3,4)5)28(26-19-17-23(2)18-20-26)29(36)33-22-25-15-11-8-12-16-25/h7-20,27-28H,6,21-22H2,1-5H3,(H,33,36)(H,34,38). The molecule has 3 rings (SSSR count). The molecule has 2 atom stereocenters. The number of hydrogen-bond donors (Lipinski definition) is 2. The molecule has 206 valence electrons. The van der Waals surface area contributed by atoms with Crippen molar-refractivity contribution in [2.24, 2.45) is 0 Å². The van der Waals surface area contributed by atoms with Gasteiger partial charge in [0.15, 0.2) is 0 Å². The Hall–Kier alpha value is -4.13. The number of likely N-dealkylation sites (N-methyl/N-ethyl adjacent to an activating group) is 1. The van der Waals surface area contributed by atoms with E-state index in [1.54, 1.807) is 20.8 Å². The second kappa shape index (κ2) is 13.6. The van der Waals surface area contributed by atoms with Crippen molar-refractivity contribution in [2.75, 3.05) is 6.54 Å². The molecule has 0 aliphatic carbocycles. The predicted molar refractivity (Wildman–Crippen MR) is 153 cm³/mol. The predicted octanol–water partition coefficient (Wildman–Crippen LogP) is 5.34. The van der Waals surface area contributed by atoms with Crippen LogP contribution in [0, 0.1) is 6.92 Å². The number of nitrogens with one attached hydrogen (secondary N) is 2. The third-order valence-corrected chi connectivity index (χ3v) is 6.16. The van der Waals surface area contributed by atoms with Gasteiger partial charge in [-0.2, -0.15) is 0 Å². The Morgan fingerprint density at radius 1 is 0.846 bits per heavy atom. The van der Waals surface area contributed by atoms with Gasteiger partial charge in [-0.3, -0.25) is 9.59 Å². The van der Waals surface area contributed by atoms with Gasteiger partial charge >= 0.3 is 6.09 Å². The summed E-state index contributed by atoms with van der Waals surface area (Å²) in [4.78, 5) is 42.1. The third-order valence-electron chi connectivity index (χ3n) is 6.16. The molecule has 0 saturated heterocycles. The molecule has 7 nitrogen and oxygen atoms in total. The summed E-state index contributed by atoms with van der Waals surface area (Å²) in [7, 11) is 0. The van der Waals surface area contributed by atoms with Gasteiger partial charge in [-0.1, -0.05) is 90.5 Å². The average Bonchev–Trinajstić information content (AvgIpc) is 2.90. The molecule has 0 aromatic heterocycles. The minimum Gasteiger partial charge on any atom is -0.444 e. The largest absolute Gasteiger partial charge is 0.444 e. The number of alkyl carbamates (subject to hydrolysis) is 1. The zero-order valence-electron chi connectivity index (χ0n) is 23.4. The molecule has 0 heterocycles. The van der Waals surface area contributed by atoms with Gasteiger partial charge in [-0.05, 0) is 51.3 Å². The lowest BCUT2D eigenvalue weighted by Gasteiger charge is -2.34. The van der Waals surface area contributed by atoms with E-state index < -0.39 is 23.8 Å². The van der Waals surface area contributed by atoms with Crippen molar-refractivity contribution in [1.29, 1.82) is 0 Å². The van der Waals surface area contributed by atoms with E-state index in [0.29, 0.717) is 12.1 Å². The molecular formula is C32H39N3O4. The molecule has 3 aromatic rings. The molecular weight excluding hydrogens is 490 g/mol. The summed E-state index contributed by atoms with van der Waals surface area (Å²) in [5.74, 6) is -0.665. The first-order chi connectivity index (χ1) is 18.6. The lowest BCUT2D eigenvalue weighted by Crippen LogP contribution is -2.53. The topological polar surface area (TPSA) is 87.7 Å². The van der Waals surface area contributed by atoms with Crippen molar-refractivity contribution in [1.82, 2.24) is 15.5 Å². The number of nitrogens with zero attached hydrogens (tertiary/aromatic N) is 1. The van der Waals surface area contributed by atoms with Crippen molar-refractivity contribution in [3.05, 3.63) is 107 Å². The first-order valence-corrected chi connectivity index (χ1v) is 13.3. The highest BCUT2D eigenvalue weighted by atomic mass is 16.6. The fraction of sp³-hybridized carbons (Fsp3) is 0.344. The summed E-state index contributed by atoms with van der Waals surface area (Å²) in [6.45, 7) is 9.69. The number of benzene rings is 3. The maximum absolute atomic E-state index is 14.1. The fourth-order valence-electron chi connectivity index (χ4n) is 4.27. The summed E-state index contributed by atoms with van der Waals surface area (Å²) in [6.07, 6.45) is -0.435. The van der Waals surface area contributed by atoms with Crippen LogP contribution in [-0.2, 0) is 27.3 Å². The Kier molecular flexibility index (Phi) is 10.3. The number of carbonyl (C=O) groups excluding carboxylic acids is 3. The van der Waals surface area contributed by atoms with E-state index in [4.69, 9.17) is 4.74 Å². The second-order valence-corrected chi connectivity index (χ2v) is 10.5. The lowest BCUT2D eigenvalue weighted by molar-refractivity contribution is -0.142. The van der Waals surface area contributed by atoms with Crippen LogP contribution in [0.25, 0.3) is 0 Å². The minimum absolute atomic E-state index is 0.252. The molecule has 7 heteroatoms. The first kappa shape index (κ1) is 29.4. The Balaban J connectivity index is 1.93. The van der Waals surface area contributed by atoms with Crippen LogP contribution in [0.2, 0.25) is 0 Å². The van der Waals surface area contributed by atoms with E-state index in [-0.39, 0.29) is 24.8 Å². The SMILES string of the molecule is CCN(C(=O)C(Cc1ccccc1)NC(=O)OC(C)(C)C)C(C(=O)NCc1ccccc1)c1ccc(C)cc1. The van der Waals surface area contributed by atoms with Gasteiger partial charge in [0, 0.05) is 19.5 Å². The van der Waals surface area contributed by atoms with E-state index in [1.165, 1.54) is 4.90 Å². The maximum Gasteiger partial charge on any atom is 0.408 e. The van der Waals surface area contributed by atoms with Gasteiger partial charge in [0.1, 0.15) is 17.7 Å². The third kappa shape index (κ3) is 8.99. The zero-order valence-corrected chi connectivity index (χ0v) is 23.4. The van der Waals surface area contributed by atoms with Crippen molar-refractivity contribution < 1.29 is 19.1 Å². The van der Waals surface area contributed by atoms with Crippen molar-refractivity contribution >= 4 is 17.9 Å². The fourth-order valence-corrected chi connectivity index (χ4v) is 4.27. The number of rotatable bonds is 10. The molecule has 0 saturated carbocycles. The first-order valence-electron chi connectivity index (χ1n) is 13.3. The van der Waals surface area contributed by atoms with Gasteiger partial charge < -0.3 is 20.3 Å². The summed E-state index contributed by atoms with van der Waals surface area (Å²) >= 11 is 0. The molecule has 0 bridgehead atoms. The van der Waals surface area contributed by atoms with Crippen molar-refractivity contribution in [3.8, 4) is 0 Å². The highest BCUT2D eigenvalue weighted by Gasteiger charge is 2.35. The molecule has 0 fully saturated rings. The molecule has 2 N–H and O–H groups in total. The molecule has 0 aliphatic heterocycles. The Morgan fingerprint density at radius 3 is 1.95 bits per heavy atom. The summed E-state index contributed by atoms with van der Waals surface area (Å²) < 4.78 is 5.46. The molecule has 39 heavy (non-hydrogen) atoms. The van der Waals surface area contributed by atoms with E-state index in [9.17, 15) is 14.4 Å². The van der Waals surface area contributed by atoms with Crippen LogP contribution in [0.15, 0.2) is 84.9 Å². The minimum atomic E-state index is -0.933. The van der Waals surface area contributed by atoms with Crippen LogP contribution in [0.4, 0.5) is 4.79 Å². The number of carbonyl (C=O) groups is 3. The second-order valence-electron chi connectivity index (χ2n) is 10.5. The smallest absolute Gasteiger partial charge is 0.408 e. The van der Waals surface area contributed by atoms with Gasteiger partial charge in [-0.25, -0.2) is 4.79 Å². The van der Waals surface area contributed by atoms with Crippen LogP contribution in [0.3, 0.4) is 0 Å². The van der Waals surface area contributed by atoms with Crippen LogP contribution < -0.4 is 10.6 Å². The highest BCUT2D eigenvalue weighted by Crippen LogP contribution is 2.24. The molecule has 0 radical (unpaired) electrons. The molecule has 3 aromatic carbocycles. The van der Waals surface area contributed by atoms with E-state index in [1.807, 2.05) is 98.8 Å². The van der Waals surface area contributed by atoms with Crippen molar-refractivity contribution in [3.63, 3.8) is 0 Å². The Labute approximate surface area is 231 Å². The Morgan fingerprint density at radius 2 is 1.41 bits per heavy atom. The monoisotopic (exact) mass is 529 g/mol. The average molecular weight is 530 g/mol. The zero-order chi connectivity index (χ0) is 28.4. The van der Waals surface area contributed by atoms with Crippen molar-refractivity contribution in [2.45, 2.75) is 65.3 Å². The van der Waals surface area contributed by atoms with Crippen LogP contribution >= 0.6 is 0 Å². The van der Waals surface area contributed by atoms with E-state index in [0.717, 1.165) is 16.7 Å². The van der Waals surface area contributed by atoms with Crippen LogP contribution in [0.1, 0.15) is 56.0 Å². The maximum atomic E-state index is 14.1. The number of amides is 3. The van der Waals surface area contributed by atoms with Gasteiger partial charge in [0.2, 0.25) is 11.8 Å². The van der Waals surface area contributed by atoms with Gasteiger partial charge in [0.25, 0.3) is 0 Å². The summed E-state index contributed by atoms with van der Waals surface area (Å²) in [5, 5.41) is 5.76. The molecule has 0 spiro atoms. The molecule has 0 aliphatic rings. The molecule has 3 amide bonds. The van der Waals surface area contributed by atoms with Gasteiger partial charge in [-0.15, -0.1) is 0 Å². The van der Waals surface area contributed by atoms with Crippen LogP contribution in [-0.4, -0.2) is 41.0 Å². The lowest BCUT2D eigenvalue weighted by atomic mass is 9.99. The van der Waals surface area contributed by atoms with E-state index >= 15 is 0 Å². The quantitative estimate of drug-likeness (QED) is 0.371.